The van der Waals surface area contributed by atoms with Crippen LogP contribution in [0.25, 0.3) is 11.4 Å². The van der Waals surface area contributed by atoms with Crippen molar-refractivity contribution in [3.63, 3.8) is 0 Å². The summed E-state index contributed by atoms with van der Waals surface area (Å²) in [5, 5.41) is 9.75. The third-order valence-corrected chi connectivity index (χ3v) is 4.52. The molecule has 0 aliphatic carbocycles. The number of carbonyl (C=O) groups excluding carboxylic acids is 1. The topological polar surface area (TPSA) is 83.3 Å². The molecule has 2 aromatic rings. The quantitative estimate of drug-likeness (QED) is 0.896. The van der Waals surface area contributed by atoms with Crippen LogP contribution in [0, 0.1) is 0 Å². The number of aromatic nitrogens is 2. The van der Waals surface area contributed by atoms with Gasteiger partial charge in [-0.15, -0.1) is 0 Å². The Balaban J connectivity index is 1.51. The van der Waals surface area contributed by atoms with E-state index in [9.17, 15) is 4.79 Å². The summed E-state index contributed by atoms with van der Waals surface area (Å²) in [5.41, 5.74) is 0.885. The van der Waals surface area contributed by atoms with Crippen molar-refractivity contribution in [2.45, 2.75) is 38.4 Å². The zero-order chi connectivity index (χ0) is 16.9. The van der Waals surface area contributed by atoms with E-state index in [-0.39, 0.29) is 18.6 Å². The van der Waals surface area contributed by atoms with Gasteiger partial charge in [0.05, 0.1) is 6.54 Å². The molecule has 1 saturated heterocycles. The number of likely N-dealkylation sites (tertiary alicyclic amines) is 1. The lowest BCUT2D eigenvalue weighted by atomic mass is 9.98. The average molecular weight is 329 g/mol. The third kappa shape index (κ3) is 3.91. The molecule has 2 unspecified atom stereocenters. The maximum atomic E-state index is 12.1. The van der Waals surface area contributed by atoms with Gasteiger partial charge in [-0.05, 0) is 33.4 Å². The molecule has 0 bridgehead atoms. The summed E-state index contributed by atoms with van der Waals surface area (Å²) < 4.78 is 5.19. The molecular formula is C17H23N5O2. The van der Waals surface area contributed by atoms with Gasteiger partial charge in [0, 0.05) is 17.6 Å². The third-order valence-electron chi connectivity index (χ3n) is 4.52. The Morgan fingerprint density at radius 1 is 1.38 bits per heavy atom. The molecule has 1 aliphatic rings. The highest BCUT2D eigenvalue weighted by molar-refractivity contribution is 5.74. The van der Waals surface area contributed by atoms with Crippen molar-refractivity contribution in [2.24, 2.45) is 0 Å². The number of likely N-dealkylation sites (N-methyl/N-ethyl adjacent to an activating group) is 1. The SMILES string of the molecule is CC1C(NC(=O)NCc2nc(-c3ccccc3)no2)CCCN1C. The largest absolute Gasteiger partial charge is 0.337 e. The first-order chi connectivity index (χ1) is 11.6. The van der Waals surface area contributed by atoms with Gasteiger partial charge in [0.15, 0.2) is 0 Å². The molecule has 2 N–H and O–H groups in total. The molecule has 2 amide bonds. The van der Waals surface area contributed by atoms with E-state index in [2.05, 4.69) is 39.6 Å². The molecule has 3 rings (SSSR count). The summed E-state index contributed by atoms with van der Waals surface area (Å²) in [5.74, 6) is 0.910. The Bertz CT molecular complexity index is 673. The summed E-state index contributed by atoms with van der Waals surface area (Å²) in [6.45, 7) is 3.42. The summed E-state index contributed by atoms with van der Waals surface area (Å²) in [6.07, 6.45) is 2.09. The average Bonchev–Trinajstić information content (AvgIpc) is 3.07. The van der Waals surface area contributed by atoms with Crippen LogP contribution in [0.2, 0.25) is 0 Å². The van der Waals surface area contributed by atoms with Gasteiger partial charge in [-0.25, -0.2) is 4.79 Å². The zero-order valence-corrected chi connectivity index (χ0v) is 14.0. The van der Waals surface area contributed by atoms with Crippen LogP contribution >= 0.6 is 0 Å². The predicted octanol–water partition coefficient (Wildman–Crippen LogP) is 2.02. The molecule has 1 aliphatic heterocycles. The fourth-order valence-electron chi connectivity index (χ4n) is 2.91. The van der Waals surface area contributed by atoms with E-state index >= 15 is 0 Å². The smallest absolute Gasteiger partial charge is 0.315 e. The number of urea groups is 1. The number of rotatable bonds is 4. The number of hydrogen-bond acceptors (Lipinski definition) is 5. The van der Waals surface area contributed by atoms with Gasteiger partial charge in [0.2, 0.25) is 11.7 Å². The Morgan fingerprint density at radius 2 is 2.17 bits per heavy atom. The molecule has 128 valence electrons. The maximum Gasteiger partial charge on any atom is 0.315 e. The highest BCUT2D eigenvalue weighted by Gasteiger charge is 2.26. The molecule has 1 aromatic carbocycles. The number of benzene rings is 1. The van der Waals surface area contributed by atoms with Crippen molar-refractivity contribution < 1.29 is 9.32 Å². The van der Waals surface area contributed by atoms with E-state index in [0.29, 0.717) is 17.8 Å². The maximum absolute atomic E-state index is 12.1. The normalized spacial score (nSPS) is 21.4. The van der Waals surface area contributed by atoms with E-state index < -0.39 is 0 Å². The fourth-order valence-corrected chi connectivity index (χ4v) is 2.91. The van der Waals surface area contributed by atoms with Gasteiger partial charge in [-0.1, -0.05) is 35.5 Å². The van der Waals surface area contributed by atoms with Gasteiger partial charge in [-0.2, -0.15) is 4.98 Å². The van der Waals surface area contributed by atoms with E-state index in [1.165, 1.54) is 0 Å². The van der Waals surface area contributed by atoms with Crippen LogP contribution in [0.4, 0.5) is 4.79 Å². The molecular weight excluding hydrogens is 306 g/mol. The molecule has 24 heavy (non-hydrogen) atoms. The highest BCUT2D eigenvalue weighted by atomic mass is 16.5. The van der Waals surface area contributed by atoms with E-state index in [1.807, 2.05) is 30.3 Å². The molecule has 0 spiro atoms. The molecule has 1 aromatic heterocycles. The van der Waals surface area contributed by atoms with Crippen molar-refractivity contribution >= 4 is 6.03 Å². The number of nitrogens with one attached hydrogen (secondary N) is 2. The van der Waals surface area contributed by atoms with Crippen LogP contribution in [0.15, 0.2) is 34.9 Å². The van der Waals surface area contributed by atoms with Crippen LogP contribution in [0.1, 0.15) is 25.7 Å². The first-order valence-electron chi connectivity index (χ1n) is 8.26. The van der Waals surface area contributed by atoms with Crippen molar-refractivity contribution in [3.05, 3.63) is 36.2 Å². The summed E-state index contributed by atoms with van der Waals surface area (Å²) >= 11 is 0. The van der Waals surface area contributed by atoms with Gasteiger partial charge in [0.1, 0.15) is 0 Å². The molecule has 2 heterocycles. The second-order valence-electron chi connectivity index (χ2n) is 6.17. The van der Waals surface area contributed by atoms with Crippen molar-refractivity contribution in [3.8, 4) is 11.4 Å². The lowest BCUT2D eigenvalue weighted by Crippen LogP contribution is -2.54. The number of amides is 2. The minimum atomic E-state index is -0.207. The van der Waals surface area contributed by atoms with Gasteiger partial charge < -0.3 is 20.1 Å². The minimum absolute atomic E-state index is 0.159. The fraction of sp³-hybridized carbons (Fsp3) is 0.471. The second-order valence-corrected chi connectivity index (χ2v) is 6.17. The van der Waals surface area contributed by atoms with Crippen molar-refractivity contribution in [1.82, 2.24) is 25.7 Å². The molecule has 0 radical (unpaired) electrons. The number of piperidine rings is 1. The molecule has 7 nitrogen and oxygen atoms in total. The van der Waals surface area contributed by atoms with Gasteiger partial charge in [0.25, 0.3) is 0 Å². The van der Waals surface area contributed by atoms with E-state index in [1.54, 1.807) is 0 Å². The van der Waals surface area contributed by atoms with Crippen LogP contribution in [-0.2, 0) is 6.54 Å². The highest BCUT2D eigenvalue weighted by Crippen LogP contribution is 2.16. The monoisotopic (exact) mass is 329 g/mol. The van der Waals surface area contributed by atoms with E-state index in [0.717, 1.165) is 24.9 Å². The standard InChI is InChI=1S/C17H23N5O2/c1-12-14(9-6-10-22(12)2)19-17(23)18-11-15-20-16(21-24-15)13-7-4-3-5-8-13/h3-5,7-8,12,14H,6,9-11H2,1-2H3,(H2,18,19,23). The van der Waals surface area contributed by atoms with E-state index in [4.69, 9.17) is 4.52 Å². The van der Waals surface area contributed by atoms with Crippen LogP contribution in [0.3, 0.4) is 0 Å². The molecule has 2 atom stereocenters. The second kappa shape index (κ2) is 7.44. The first kappa shape index (κ1) is 16.4. The predicted molar refractivity (Wildman–Crippen MR) is 90.2 cm³/mol. The van der Waals surface area contributed by atoms with Crippen molar-refractivity contribution in [1.29, 1.82) is 0 Å². The lowest BCUT2D eigenvalue weighted by Gasteiger charge is -2.37. The summed E-state index contributed by atoms with van der Waals surface area (Å²) in [4.78, 5) is 18.6. The lowest BCUT2D eigenvalue weighted by molar-refractivity contribution is 0.155. The van der Waals surface area contributed by atoms with Gasteiger partial charge in [-0.3, -0.25) is 0 Å². The Labute approximate surface area is 141 Å². The van der Waals surface area contributed by atoms with Crippen LogP contribution in [-0.4, -0.2) is 46.7 Å². The van der Waals surface area contributed by atoms with Crippen LogP contribution < -0.4 is 10.6 Å². The zero-order valence-electron chi connectivity index (χ0n) is 14.0. The molecule has 1 fully saturated rings. The minimum Gasteiger partial charge on any atom is -0.337 e. The number of hydrogen-bond donors (Lipinski definition) is 2. The molecule has 0 saturated carbocycles. The Kier molecular flexibility index (Phi) is 5.10. The number of carbonyl (C=O) groups is 1. The Hall–Kier alpha value is -2.41. The number of nitrogens with zero attached hydrogens (tertiary/aromatic N) is 3. The van der Waals surface area contributed by atoms with Crippen LogP contribution in [0.5, 0.6) is 0 Å². The first-order valence-corrected chi connectivity index (χ1v) is 8.26. The molecule has 7 heteroatoms. The van der Waals surface area contributed by atoms with Crippen molar-refractivity contribution in [2.75, 3.05) is 13.6 Å². The van der Waals surface area contributed by atoms with Gasteiger partial charge >= 0.3 is 6.03 Å². The summed E-state index contributed by atoms with van der Waals surface area (Å²) in [7, 11) is 2.08. The summed E-state index contributed by atoms with van der Waals surface area (Å²) in [6, 6.07) is 9.87. The Morgan fingerprint density at radius 3 is 2.96 bits per heavy atom.